The van der Waals surface area contributed by atoms with Gasteiger partial charge < -0.3 is 0 Å². The number of hydrogen-bond acceptors (Lipinski definition) is 3. The average molecular weight is 212 g/mol. The van der Waals surface area contributed by atoms with E-state index in [-0.39, 0.29) is 0 Å². The van der Waals surface area contributed by atoms with Crippen LogP contribution in [0.25, 0.3) is 5.82 Å². The lowest BCUT2D eigenvalue weighted by atomic mass is 10.1. The number of pyridine rings is 1. The molecular formula is C12H12N4. The van der Waals surface area contributed by atoms with Crippen LogP contribution in [0, 0.1) is 32.1 Å². The smallest absolute Gasteiger partial charge is 0.171 e. The predicted molar refractivity (Wildman–Crippen MR) is 60.3 cm³/mol. The first-order chi connectivity index (χ1) is 7.61. The fraction of sp³-hybridized carbons (Fsp3) is 0.250. The highest BCUT2D eigenvalue weighted by Crippen LogP contribution is 2.16. The van der Waals surface area contributed by atoms with Crippen LogP contribution in [0.1, 0.15) is 22.5 Å². The van der Waals surface area contributed by atoms with Gasteiger partial charge in [0.25, 0.3) is 0 Å². The van der Waals surface area contributed by atoms with Gasteiger partial charge in [-0.25, -0.2) is 9.67 Å². The SMILES string of the molecule is Cc1cc(C)c(C#N)c(-n2ccc(C)n2)n1. The fourth-order valence-electron chi connectivity index (χ4n) is 1.65. The molecule has 0 saturated heterocycles. The van der Waals surface area contributed by atoms with Gasteiger partial charge in [-0.3, -0.25) is 0 Å². The molecule has 2 heterocycles. The lowest BCUT2D eigenvalue weighted by Crippen LogP contribution is -2.05. The normalized spacial score (nSPS) is 10.1. The topological polar surface area (TPSA) is 54.5 Å². The molecule has 4 heteroatoms. The Bertz CT molecular complexity index is 575. The van der Waals surface area contributed by atoms with Crippen LogP contribution < -0.4 is 0 Å². The summed E-state index contributed by atoms with van der Waals surface area (Å²) in [6.45, 7) is 5.73. The van der Waals surface area contributed by atoms with Gasteiger partial charge in [-0.1, -0.05) is 0 Å². The third-order valence-corrected chi connectivity index (χ3v) is 2.38. The molecule has 0 aliphatic rings. The Kier molecular flexibility index (Phi) is 2.45. The Morgan fingerprint density at radius 3 is 2.56 bits per heavy atom. The Hall–Kier alpha value is -2.15. The molecule has 2 aromatic rings. The van der Waals surface area contributed by atoms with Crippen molar-refractivity contribution in [1.82, 2.24) is 14.8 Å². The highest BCUT2D eigenvalue weighted by molar-refractivity contribution is 5.49. The van der Waals surface area contributed by atoms with Crippen molar-refractivity contribution in [2.45, 2.75) is 20.8 Å². The van der Waals surface area contributed by atoms with Crippen LogP contribution in [0.3, 0.4) is 0 Å². The van der Waals surface area contributed by atoms with Crippen molar-refractivity contribution in [3.63, 3.8) is 0 Å². The number of nitrogens with zero attached hydrogens (tertiary/aromatic N) is 4. The molecule has 0 unspecified atom stereocenters. The highest BCUT2D eigenvalue weighted by Gasteiger charge is 2.10. The number of aromatic nitrogens is 3. The minimum Gasteiger partial charge on any atom is -0.233 e. The van der Waals surface area contributed by atoms with Gasteiger partial charge >= 0.3 is 0 Å². The average Bonchev–Trinajstić information content (AvgIpc) is 2.63. The first-order valence-corrected chi connectivity index (χ1v) is 5.03. The van der Waals surface area contributed by atoms with E-state index in [1.165, 1.54) is 0 Å². The Morgan fingerprint density at radius 2 is 2.00 bits per heavy atom. The third-order valence-electron chi connectivity index (χ3n) is 2.38. The van der Waals surface area contributed by atoms with E-state index in [1.807, 2.05) is 39.1 Å². The maximum atomic E-state index is 9.13. The maximum Gasteiger partial charge on any atom is 0.171 e. The Labute approximate surface area is 94.2 Å². The largest absolute Gasteiger partial charge is 0.233 e. The van der Waals surface area contributed by atoms with Gasteiger partial charge in [0.1, 0.15) is 6.07 Å². The molecule has 0 aliphatic carbocycles. The first kappa shape index (κ1) is 10.4. The van der Waals surface area contributed by atoms with Crippen LogP contribution in [0.5, 0.6) is 0 Å². The second-order valence-electron chi connectivity index (χ2n) is 3.79. The summed E-state index contributed by atoms with van der Waals surface area (Å²) in [5, 5.41) is 13.4. The zero-order valence-corrected chi connectivity index (χ0v) is 9.52. The molecule has 16 heavy (non-hydrogen) atoms. The monoisotopic (exact) mass is 212 g/mol. The molecule has 2 aromatic heterocycles. The summed E-state index contributed by atoms with van der Waals surface area (Å²) in [4.78, 5) is 4.37. The van der Waals surface area contributed by atoms with Gasteiger partial charge in [0.05, 0.1) is 11.3 Å². The molecule has 0 spiro atoms. The van der Waals surface area contributed by atoms with Crippen molar-refractivity contribution >= 4 is 0 Å². The second kappa shape index (κ2) is 3.78. The number of aryl methyl sites for hydroxylation is 3. The molecule has 0 amide bonds. The summed E-state index contributed by atoms with van der Waals surface area (Å²) in [6.07, 6.45) is 1.82. The number of hydrogen-bond donors (Lipinski definition) is 0. The quantitative estimate of drug-likeness (QED) is 0.727. The number of rotatable bonds is 1. The van der Waals surface area contributed by atoms with Gasteiger partial charge in [-0.05, 0) is 38.5 Å². The van der Waals surface area contributed by atoms with E-state index < -0.39 is 0 Å². The maximum absolute atomic E-state index is 9.13. The molecule has 0 radical (unpaired) electrons. The van der Waals surface area contributed by atoms with Crippen LogP contribution in [0.2, 0.25) is 0 Å². The van der Waals surface area contributed by atoms with Crippen LogP contribution >= 0.6 is 0 Å². The van der Waals surface area contributed by atoms with Crippen molar-refractivity contribution in [1.29, 1.82) is 5.26 Å². The zero-order chi connectivity index (χ0) is 11.7. The summed E-state index contributed by atoms with van der Waals surface area (Å²) in [7, 11) is 0. The third kappa shape index (κ3) is 1.68. The first-order valence-electron chi connectivity index (χ1n) is 5.03. The van der Waals surface area contributed by atoms with Crippen LogP contribution in [-0.4, -0.2) is 14.8 Å². The summed E-state index contributed by atoms with van der Waals surface area (Å²) in [5.41, 5.74) is 3.30. The van der Waals surface area contributed by atoms with E-state index in [0.29, 0.717) is 11.4 Å². The van der Waals surface area contributed by atoms with E-state index >= 15 is 0 Å². The molecule has 4 nitrogen and oxygen atoms in total. The van der Waals surface area contributed by atoms with E-state index in [0.717, 1.165) is 17.0 Å². The van der Waals surface area contributed by atoms with Crippen molar-refractivity contribution in [2.24, 2.45) is 0 Å². The van der Waals surface area contributed by atoms with Gasteiger partial charge in [-0.15, -0.1) is 0 Å². The lowest BCUT2D eigenvalue weighted by Gasteiger charge is -2.07. The van der Waals surface area contributed by atoms with Crippen LogP contribution in [0.15, 0.2) is 18.3 Å². The van der Waals surface area contributed by atoms with Crippen molar-refractivity contribution < 1.29 is 0 Å². The van der Waals surface area contributed by atoms with E-state index in [2.05, 4.69) is 16.2 Å². The van der Waals surface area contributed by atoms with Crippen molar-refractivity contribution in [2.75, 3.05) is 0 Å². The van der Waals surface area contributed by atoms with E-state index in [1.54, 1.807) is 4.68 Å². The zero-order valence-electron chi connectivity index (χ0n) is 9.52. The lowest BCUT2D eigenvalue weighted by molar-refractivity contribution is 0.821. The minimum atomic E-state index is 0.578. The van der Waals surface area contributed by atoms with Gasteiger partial charge in [0.15, 0.2) is 5.82 Å². The fourth-order valence-corrected chi connectivity index (χ4v) is 1.65. The second-order valence-corrected chi connectivity index (χ2v) is 3.79. The molecule has 0 N–H and O–H groups in total. The summed E-state index contributed by atoms with van der Waals surface area (Å²) in [5.74, 6) is 0.605. The van der Waals surface area contributed by atoms with E-state index in [4.69, 9.17) is 5.26 Å². The molecule has 0 saturated carbocycles. The molecule has 2 rings (SSSR count). The summed E-state index contributed by atoms with van der Waals surface area (Å²) < 4.78 is 1.65. The van der Waals surface area contributed by atoms with Gasteiger partial charge in [0, 0.05) is 11.9 Å². The standard InChI is InChI=1S/C12H12N4/c1-8-6-10(3)14-12(11(8)7-13)16-5-4-9(2)15-16/h4-6H,1-3H3. The van der Waals surface area contributed by atoms with E-state index in [9.17, 15) is 0 Å². The van der Waals surface area contributed by atoms with Crippen molar-refractivity contribution in [3.05, 3.63) is 40.8 Å². The number of nitriles is 1. The molecule has 0 aromatic carbocycles. The molecular weight excluding hydrogens is 200 g/mol. The molecule has 80 valence electrons. The molecule has 0 fully saturated rings. The summed E-state index contributed by atoms with van der Waals surface area (Å²) in [6, 6.07) is 5.97. The minimum absolute atomic E-state index is 0.578. The molecule has 0 aliphatic heterocycles. The highest BCUT2D eigenvalue weighted by atomic mass is 15.3. The van der Waals surface area contributed by atoms with Gasteiger partial charge in [-0.2, -0.15) is 10.4 Å². The van der Waals surface area contributed by atoms with Crippen LogP contribution in [-0.2, 0) is 0 Å². The van der Waals surface area contributed by atoms with Crippen molar-refractivity contribution in [3.8, 4) is 11.9 Å². The predicted octanol–water partition coefficient (Wildman–Crippen LogP) is 2.06. The summed E-state index contributed by atoms with van der Waals surface area (Å²) >= 11 is 0. The Balaban J connectivity index is 2.69. The molecule has 0 atom stereocenters. The molecule has 0 bridgehead atoms. The van der Waals surface area contributed by atoms with Crippen LogP contribution in [0.4, 0.5) is 0 Å². The Morgan fingerprint density at radius 1 is 1.25 bits per heavy atom. The van der Waals surface area contributed by atoms with Gasteiger partial charge in [0.2, 0.25) is 0 Å².